The van der Waals surface area contributed by atoms with Crippen molar-refractivity contribution in [2.24, 2.45) is 10.7 Å². The number of hydrogen-bond acceptors (Lipinski definition) is 3. The highest BCUT2D eigenvalue weighted by molar-refractivity contribution is 5.77. The van der Waals surface area contributed by atoms with Crippen molar-refractivity contribution in [1.82, 2.24) is 15.2 Å². The predicted molar refractivity (Wildman–Crippen MR) is 104 cm³/mol. The van der Waals surface area contributed by atoms with Gasteiger partial charge < -0.3 is 11.1 Å². The average Bonchev–Trinajstić information content (AvgIpc) is 2.63. The largest absolute Gasteiger partial charge is 0.370 e. The molecule has 0 saturated heterocycles. The number of rotatable bonds is 9. The topological polar surface area (TPSA) is 66.5 Å². The van der Waals surface area contributed by atoms with Gasteiger partial charge in [0.25, 0.3) is 0 Å². The molecule has 0 aliphatic carbocycles. The number of nitrogens with two attached hydrogens (primary N) is 1. The molecule has 0 saturated carbocycles. The Bertz CT molecular complexity index is 627. The molecule has 1 atom stereocenters. The number of benzene rings is 1. The Morgan fingerprint density at radius 3 is 2.68 bits per heavy atom. The van der Waals surface area contributed by atoms with Crippen LogP contribution in [0, 0.1) is 0 Å². The SMILES string of the molecule is CC(CCN=C(N)NCCc1ccccn1)N(C)Cc1ccccc1. The van der Waals surface area contributed by atoms with Crippen LogP contribution in [-0.4, -0.2) is 42.0 Å². The highest BCUT2D eigenvalue weighted by Crippen LogP contribution is 2.08. The molecule has 5 nitrogen and oxygen atoms in total. The van der Waals surface area contributed by atoms with Crippen LogP contribution in [0.15, 0.2) is 59.7 Å². The number of pyridine rings is 1. The Balaban J connectivity index is 1.64. The molecular formula is C20H29N5. The monoisotopic (exact) mass is 339 g/mol. The van der Waals surface area contributed by atoms with Gasteiger partial charge in [0.2, 0.25) is 0 Å². The minimum atomic E-state index is 0.449. The summed E-state index contributed by atoms with van der Waals surface area (Å²) in [6.45, 7) is 4.64. The molecule has 1 aromatic heterocycles. The van der Waals surface area contributed by atoms with Crippen LogP contribution in [0.2, 0.25) is 0 Å². The van der Waals surface area contributed by atoms with E-state index in [1.165, 1.54) is 5.56 Å². The third-order valence-electron chi connectivity index (χ3n) is 4.27. The third kappa shape index (κ3) is 7.35. The quantitative estimate of drug-likeness (QED) is 0.544. The van der Waals surface area contributed by atoms with Gasteiger partial charge in [-0.2, -0.15) is 0 Å². The Hall–Kier alpha value is -2.40. The van der Waals surface area contributed by atoms with Crippen molar-refractivity contribution in [1.29, 1.82) is 0 Å². The van der Waals surface area contributed by atoms with E-state index in [2.05, 4.69) is 58.4 Å². The van der Waals surface area contributed by atoms with Crippen LogP contribution in [0.4, 0.5) is 0 Å². The van der Waals surface area contributed by atoms with Crippen molar-refractivity contribution >= 4 is 5.96 Å². The summed E-state index contributed by atoms with van der Waals surface area (Å²) in [6, 6.07) is 16.9. The summed E-state index contributed by atoms with van der Waals surface area (Å²) in [5.74, 6) is 0.508. The number of hydrogen-bond donors (Lipinski definition) is 2. The van der Waals surface area contributed by atoms with Crippen LogP contribution in [0.5, 0.6) is 0 Å². The summed E-state index contributed by atoms with van der Waals surface area (Å²) in [5.41, 5.74) is 8.31. The number of nitrogens with one attached hydrogen (secondary N) is 1. The van der Waals surface area contributed by atoms with Gasteiger partial charge in [-0.15, -0.1) is 0 Å². The highest BCUT2D eigenvalue weighted by atomic mass is 15.1. The van der Waals surface area contributed by atoms with Crippen LogP contribution in [0.25, 0.3) is 0 Å². The van der Waals surface area contributed by atoms with Crippen molar-refractivity contribution in [3.63, 3.8) is 0 Å². The first-order valence-corrected chi connectivity index (χ1v) is 8.83. The van der Waals surface area contributed by atoms with Gasteiger partial charge in [0.15, 0.2) is 5.96 Å². The van der Waals surface area contributed by atoms with Gasteiger partial charge in [0, 0.05) is 44.0 Å². The Morgan fingerprint density at radius 1 is 1.20 bits per heavy atom. The minimum Gasteiger partial charge on any atom is -0.370 e. The number of guanidine groups is 1. The number of aliphatic imine (C=N–C) groups is 1. The van der Waals surface area contributed by atoms with E-state index < -0.39 is 0 Å². The highest BCUT2D eigenvalue weighted by Gasteiger charge is 2.09. The molecule has 0 aliphatic heterocycles. The molecule has 1 aromatic carbocycles. The normalized spacial score (nSPS) is 13.0. The first-order chi connectivity index (χ1) is 12.1. The van der Waals surface area contributed by atoms with Gasteiger partial charge >= 0.3 is 0 Å². The van der Waals surface area contributed by atoms with Crippen molar-refractivity contribution in [2.75, 3.05) is 20.1 Å². The predicted octanol–water partition coefficient (Wildman–Crippen LogP) is 2.44. The lowest BCUT2D eigenvalue weighted by Crippen LogP contribution is -2.34. The second-order valence-corrected chi connectivity index (χ2v) is 6.30. The molecule has 3 N–H and O–H groups in total. The smallest absolute Gasteiger partial charge is 0.188 e. The molecule has 0 aliphatic rings. The molecule has 0 bridgehead atoms. The van der Waals surface area contributed by atoms with Gasteiger partial charge in [-0.05, 0) is 38.1 Å². The molecule has 25 heavy (non-hydrogen) atoms. The molecule has 1 unspecified atom stereocenters. The fourth-order valence-electron chi connectivity index (χ4n) is 2.54. The Kier molecular flexibility index (Phi) is 7.92. The molecule has 2 rings (SSSR count). The molecule has 2 aromatic rings. The molecule has 0 radical (unpaired) electrons. The second kappa shape index (κ2) is 10.5. The minimum absolute atomic E-state index is 0.449. The van der Waals surface area contributed by atoms with Crippen molar-refractivity contribution < 1.29 is 0 Å². The lowest BCUT2D eigenvalue weighted by Gasteiger charge is -2.24. The van der Waals surface area contributed by atoms with Crippen LogP contribution in [0.3, 0.4) is 0 Å². The van der Waals surface area contributed by atoms with E-state index in [0.717, 1.165) is 38.2 Å². The van der Waals surface area contributed by atoms with Crippen molar-refractivity contribution in [2.45, 2.75) is 32.4 Å². The molecule has 0 spiro atoms. The lowest BCUT2D eigenvalue weighted by molar-refractivity contribution is 0.240. The number of aromatic nitrogens is 1. The summed E-state index contributed by atoms with van der Waals surface area (Å²) < 4.78 is 0. The Morgan fingerprint density at radius 2 is 1.96 bits per heavy atom. The standard InChI is InChI=1S/C20H29N5/c1-17(25(2)16-18-8-4-3-5-9-18)11-14-23-20(21)24-15-12-19-10-6-7-13-22-19/h3-10,13,17H,11-12,14-16H2,1-2H3,(H3,21,23,24). The molecular weight excluding hydrogens is 310 g/mol. The first-order valence-electron chi connectivity index (χ1n) is 8.83. The Labute approximate surface area is 151 Å². The molecule has 134 valence electrons. The van der Waals surface area contributed by atoms with E-state index in [-0.39, 0.29) is 0 Å². The average molecular weight is 339 g/mol. The fourth-order valence-corrected chi connectivity index (χ4v) is 2.54. The van der Waals surface area contributed by atoms with E-state index in [0.29, 0.717) is 12.0 Å². The van der Waals surface area contributed by atoms with Gasteiger partial charge in [-0.25, -0.2) is 0 Å². The van der Waals surface area contributed by atoms with E-state index in [1.807, 2.05) is 24.3 Å². The maximum absolute atomic E-state index is 5.93. The maximum atomic E-state index is 5.93. The number of nitrogens with zero attached hydrogens (tertiary/aromatic N) is 3. The van der Waals surface area contributed by atoms with Gasteiger partial charge in [0.05, 0.1) is 0 Å². The second-order valence-electron chi connectivity index (χ2n) is 6.30. The van der Waals surface area contributed by atoms with Gasteiger partial charge in [0.1, 0.15) is 0 Å². The summed E-state index contributed by atoms with van der Waals surface area (Å²) in [7, 11) is 2.15. The van der Waals surface area contributed by atoms with Gasteiger partial charge in [-0.3, -0.25) is 14.9 Å². The summed E-state index contributed by atoms with van der Waals surface area (Å²) in [4.78, 5) is 11.1. The lowest BCUT2D eigenvalue weighted by atomic mass is 10.1. The third-order valence-corrected chi connectivity index (χ3v) is 4.27. The van der Waals surface area contributed by atoms with E-state index in [1.54, 1.807) is 6.20 Å². The summed E-state index contributed by atoms with van der Waals surface area (Å²) in [6.07, 6.45) is 3.62. The zero-order valence-electron chi connectivity index (χ0n) is 15.2. The molecule has 5 heteroatoms. The van der Waals surface area contributed by atoms with E-state index in [9.17, 15) is 0 Å². The van der Waals surface area contributed by atoms with Crippen LogP contribution in [0.1, 0.15) is 24.6 Å². The van der Waals surface area contributed by atoms with E-state index >= 15 is 0 Å². The van der Waals surface area contributed by atoms with E-state index in [4.69, 9.17) is 5.73 Å². The van der Waals surface area contributed by atoms with Gasteiger partial charge in [-0.1, -0.05) is 36.4 Å². The van der Waals surface area contributed by atoms with Crippen LogP contribution in [-0.2, 0) is 13.0 Å². The maximum Gasteiger partial charge on any atom is 0.188 e. The van der Waals surface area contributed by atoms with Crippen LogP contribution >= 0.6 is 0 Å². The zero-order chi connectivity index (χ0) is 17.9. The van der Waals surface area contributed by atoms with Crippen molar-refractivity contribution in [3.05, 3.63) is 66.0 Å². The zero-order valence-corrected chi connectivity index (χ0v) is 15.2. The molecule has 0 fully saturated rings. The van der Waals surface area contributed by atoms with Crippen LogP contribution < -0.4 is 11.1 Å². The molecule has 1 heterocycles. The first kappa shape index (κ1) is 18.9. The summed E-state index contributed by atoms with van der Waals surface area (Å²) in [5, 5.41) is 3.15. The summed E-state index contributed by atoms with van der Waals surface area (Å²) >= 11 is 0. The molecule has 0 amide bonds. The van der Waals surface area contributed by atoms with Crippen molar-refractivity contribution in [3.8, 4) is 0 Å². The fraction of sp³-hybridized carbons (Fsp3) is 0.400.